The highest BCUT2D eigenvalue weighted by Gasteiger charge is 2.22. The molecule has 3 aromatic carbocycles. The van der Waals surface area contributed by atoms with Crippen molar-refractivity contribution in [1.82, 2.24) is 4.57 Å². The smallest absolute Gasteiger partial charge is 0.356 e. The van der Waals surface area contributed by atoms with E-state index in [0.717, 1.165) is 27.7 Å². The van der Waals surface area contributed by atoms with E-state index in [4.69, 9.17) is 5.73 Å². The lowest BCUT2D eigenvalue weighted by Crippen LogP contribution is -2.39. The number of hydrogen-bond acceptors (Lipinski definition) is 2. The Morgan fingerprint density at radius 1 is 0.929 bits per heavy atom. The molecule has 1 unspecified atom stereocenters. The van der Waals surface area contributed by atoms with Crippen LogP contribution in [0.25, 0.3) is 22.2 Å². The minimum absolute atomic E-state index is 0.390. The highest BCUT2D eigenvalue weighted by atomic mass is 16.3. The normalized spacial score (nSPS) is 12.2. The van der Waals surface area contributed by atoms with Crippen molar-refractivity contribution in [2.75, 3.05) is 5.73 Å². The number of imidazole rings is 1. The molecule has 0 aliphatic heterocycles. The number of rotatable bonds is 6. The van der Waals surface area contributed by atoms with E-state index in [1.165, 1.54) is 0 Å². The van der Waals surface area contributed by atoms with Crippen LogP contribution in [0.5, 0.6) is 0 Å². The lowest BCUT2D eigenvalue weighted by Gasteiger charge is -2.12. The first kappa shape index (κ1) is 18.0. The van der Waals surface area contributed by atoms with Crippen molar-refractivity contribution in [3.63, 3.8) is 0 Å². The van der Waals surface area contributed by atoms with E-state index in [1.807, 2.05) is 81.9 Å². The molecule has 1 atom stereocenters. The van der Waals surface area contributed by atoms with E-state index >= 15 is 0 Å². The highest BCUT2D eigenvalue weighted by molar-refractivity contribution is 5.74. The van der Waals surface area contributed by atoms with Gasteiger partial charge in [0.2, 0.25) is 0 Å². The number of hydrogen-bond donors (Lipinski definition) is 2. The van der Waals surface area contributed by atoms with Crippen molar-refractivity contribution in [2.24, 2.45) is 0 Å². The van der Waals surface area contributed by atoms with Gasteiger partial charge in [-0.25, -0.2) is 9.13 Å². The predicted molar refractivity (Wildman–Crippen MR) is 114 cm³/mol. The largest absolute Gasteiger partial charge is 0.385 e. The maximum absolute atomic E-state index is 10.9. The molecule has 1 aromatic heterocycles. The Morgan fingerprint density at radius 2 is 1.57 bits per heavy atom. The van der Waals surface area contributed by atoms with E-state index in [0.29, 0.717) is 19.0 Å². The van der Waals surface area contributed by atoms with Crippen molar-refractivity contribution in [3.05, 3.63) is 97.1 Å². The number of para-hydroxylation sites is 2. The molecular weight excluding hydrogens is 346 g/mol. The second kappa shape index (κ2) is 7.71. The van der Waals surface area contributed by atoms with Gasteiger partial charge in [-0.2, -0.15) is 0 Å². The second-order valence-electron chi connectivity index (χ2n) is 6.86. The fraction of sp³-hybridized carbons (Fsp3) is 0.125. The summed E-state index contributed by atoms with van der Waals surface area (Å²) in [6.45, 7) is 4.84. The summed E-state index contributed by atoms with van der Waals surface area (Å²) in [5.41, 5.74) is 11.6. The van der Waals surface area contributed by atoms with E-state index in [2.05, 4.69) is 18.7 Å². The maximum atomic E-state index is 10.9. The quantitative estimate of drug-likeness (QED) is 0.397. The van der Waals surface area contributed by atoms with Gasteiger partial charge in [0, 0.05) is 0 Å². The number of fused-ring (bicyclic) bond motifs is 1. The van der Waals surface area contributed by atoms with Crippen LogP contribution in [-0.4, -0.2) is 9.67 Å². The molecule has 4 rings (SSSR count). The topological polar surface area (TPSA) is 55.1 Å². The van der Waals surface area contributed by atoms with Gasteiger partial charge in [-0.05, 0) is 28.8 Å². The Balaban J connectivity index is 1.63. The van der Waals surface area contributed by atoms with Crippen LogP contribution in [-0.2, 0) is 13.1 Å². The molecule has 28 heavy (non-hydrogen) atoms. The van der Waals surface area contributed by atoms with Gasteiger partial charge in [-0.15, -0.1) is 0 Å². The minimum Gasteiger partial charge on any atom is -0.385 e. The van der Waals surface area contributed by atoms with Crippen LogP contribution in [0.15, 0.2) is 91.5 Å². The van der Waals surface area contributed by atoms with E-state index < -0.39 is 6.10 Å². The number of aromatic nitrogens is 2. The third-order valence-electron chi connectivity index (χ3n) is 5.09. The maximum Gasteiger partial charge on any atom is 0.356 e. The number of nitrogen functional groups attached to an aromatic ring is 1. The van der Waals surface area contributed by atoms with Gasteiger partial charge in [-0.3, -0.25) is 5.73 Å². The molecule has 4 heteroatoms. The van der Waals surface area contributed by atoms with Gasteiger partial charge in [0.05, 0.1) is 6.54 Å². The molecule has 0 saturated heterocycles. The molecule has 0 spiro atoms. The van der Waals surface area contributed by atoms with Gasteiger partial charge in [-0.1, -0.05) is 79.4 Å². The number of benzene rings is 3. The van der Waals surface area contributed by atoms with E-state index in [-0.39, 0.29) is 0 Å². The zero-order valence-corrected chi connectivity index (χ0v) is 15.7. The molecule has 0 saturated carbocycles. The monoisotopic (exact) mass is 370 g/mol. The molecule has 4 nitrogen and oxygen atoms in total. The first-order chi connectivity index (χ1) is 13.7. The summed E-state index contributed by atoms with van der Waals surface area (Å²) >= 11 is 0. The average Bonchev–Trinajstić information content (AvgIpc) is 3.01. The third kappa shape index (κ3) is 3.30. The first-order valence-electron chi connectivity index (χ1n) is 9.40. The minimum atomic E-state index is -0.653. The van der Waals surface area contributed by atoms with Crippen molar-refractivity contribution < 1.29 is 9.67 Å². The summed E-state index contributed by atoms with van der Waals surface area (Å²) in [5, 5.41) is 10.9. The molecule has 140 valence electrons. The molecular formula is C24H24N3O+. The number of aliphatic hydroxyl groups is 1. The van der Waals surface area contributed by atoms with Crippen LogP contribution in [0.2, 0.25) is 0 Å². The fourth-order valence-electron chi connectivity index (χ4n) is 3.63. The second-order valence-corrected chi connectivity index (χ2v) is 6.86. The van der Waals surface area contributed by atoms with E-state index in [1.54, 1.807) is 0 Å². The van der Waals surface area contributed by atoms with Crippen LogP contribution in [0, 0.1) is 0 Å². The number of nitrogens with two attached hydrogens (primary N) is 1. The number of allylic oxidation sites excluding steroid dienone is 1. The van der Waals surface area contributed by atoms with Crippen molar-refractivity contribution in [3.8, 4) is 11.1 Å². The Morgan fingerprint density at radius 3 is 2.29 bits per heavy atom. The molecule has 0 aliphatic carbocycles. The summed E-state index contributed by atoms with van der Waals surface area (Å²) in [7, 11) is 0. The SMILES string of the molecule is C=CCn1c(N)[n+](CC(O)c2ccc(-c3ccccc3)cc2)c2ccccc21. The molecule has 0 aliphatic rings. The van der Waals surface area contributed by atoms with Crippen molar-refractivity contribution >= 4 is 17.0 Å². The van der Waals surface area contributed by atoms with Crippen molar-refractivity contribution in [2.45, 2.75) is 19.2 Å². The van der Waals surface area contributed by atoms with Crippen LogP contribution < -0.4 is 10.3 Å². The summed E-state index contributed by atoms with van der Waals surface area (Å²) < 4.78 is 3.97. The van der Waals surface area contributed by atoms with Gasteiger partial charge in [0.1, 0.15) is 23.7 Å². The van der Waals surface area contributed by atoms with Gasteiger partial charge in [0.15, 0.2) is 0 Å². The molecule has 0 fully saturated rings. The van der Waals surface area contributed by atoms with Gasteiger partial charge >= 0.3 is 5.95 Å². The zero-order valence-electron chi connectivity index (χ0n) is 15.7. The van der Waals surface area contributed by atoms with Crippen LogP contribution in [0.3, 0.4) is 0 Å². The molecule has 0 amide bonds. The van der Waals surface area contributed by atoms with Crippen molar-refractivity contribution in [1.29, 1.82) is 0 Å². The van der Waals surface area contributed by atoms with Gasteiger partial charge in [0.25, 0.3) is 0 Å². The van der Waals surface area contributed by atoms with Crippen LogP contribution >= 0.6 is 0 Å². The molecule has 0 bridgehead atoms. The van der Waals surface area contributed by atoms with Crippen LogP contribution in [0.4, 0.5) is 5.95 Å². The Kier molecular flexibility index (Phi) is 4.96. The van der Waals surface area contributed by atoms with E-state index in [9.17, 15) is 5.11 Å². The third-order valence-corrected chi connectivity index (χ3v) is 5.09. The molecule has 1 heterocycles. The fourth-order valence-corrected chi connectivity index (χ4v) is 3.63. The summed E-state index contributed by atoms with van der Waals surface area (Å²) in [6, 6.07) is 26.3. The number of aliphatic hydroxyl groups excluding tert-OH is 1. The summed E-state index contributed by atoms with van der Waals surface area (Å²) in [6.07, 6.45) is 1.17. The van der Waals surface area contributed by atoms with Crippen LogP contribution in [0.1, 0.15) is 11.7 Å². The standard InChI is InChI=1S/C24H23N3O/c1-2-16-26-21-10-6-7-11-22(21)27(24(26)25)17-23(28)20-14-12-19(13-15-20)18-8-4-3-5-9-18/h2-15,23,25,28H,1,16-17H2/p+1. The molecule has 0 radical (unpaired) electrons. The molecule has 3 N–H and O–H groups in total. The summed E-state index contributed by atoms with van der Waals surface area (Å²) in [5.74, 6) is 0.612. The number of anilines is 1. The Bertz CT molecular complexity index is 1100. The average molecular weight is 370 g/mol. The lowest BCUT2D eigenvalue weighted by molar-refractivity contribution is -0.666. The predicted octanol–water partition coefficient (Wildman–Crippen LogP) is 4.10. The van der Waals surface area contributed by atoms with Gasteiger partial charge < -0.3 is 5.11 Å². The summed E-state index contributed by atoms with van der Waals surface area (Å²) in [4.78, 5) is 0. The zero-order chi connectivity index (χ0) is 19.5. The Hall–Kier alpha value is -3.37. The molecule has 4 aromatic rings. The highest BCUT2D eigenvalue weighted by Crippen LogP contribution is 2.23. The Labute approximate surface area is 164 Å². The lowest BCUT2D eigenvalue weighted by atomic mass is 10.0. The number of nitrogens with zero attached hydrogens (tertiary/aromatic N) is 2. The first-order valence-corrected chi connectivity index (χ1v) is 9.40.